The van der Waals surface area contributed by atoms with Crippen molar-refractivity contribution in [3.63, 3.8) is 0 Å². The van der Waals surface area contributed by atoms with Gasteiger partial charge in [0.25, 0.3) is 0 Å². The van der Waals surface area contributed by atoms with Gasteiger partial charge in [-0.1, -0.05) is 109 Å². The van der Waals surface area contributed by atoms with E-state index in [4.69, 9.17) is 11.3 Å². The SMILES string of the molecule is C=C1NCC2=C(C(=C)O1)c1cc(CC3CCCCC3)cc[n+]1C(=C)C1C(CC2)c2ccccc2-c2cc(CC3CCCCC3)c([Si](C)(C)C)c[n+]21. The van der Waals surface area contributed by atoms with Crippen LogP contribution < -0.4 is 19.6 Å². The predicted octanol–water partition coefficient (Wildman–Crippen LogP) is 9.68. The molecule has 5 aliphatic rings. The highest BCUT2D eigenvalue weighted by Gasteiger charge is 2.48. The number of hydrogen-bond donors (Lipinski definition) is 1. The van der Waals surface area contributed by atoms with Gasteiger partial charge in [-0.25, -0.2) is 0 Å². The molecule has 2 atom stereocenters. The first-order valence-corrected chi connectivity index (χ1v) is 23.6. The molecule has 1 aromatic carbocycles. The van der Waals surface area contributed by atoms with Crippen LogP contribution in [-0.4, -0.2) is 14.6 Å². The zero-order chi connectivity index (χ0) is 35.3. The van der Waals surface area contributed by atoms with Gasteiger partial charge in [-0.05, 0) is 79.0 Å². The summed E-state index contributed by atoms with van der Waals surface area (Å²) in [6.45, 7) is 22.0. The largest absolute Gasteiger partial charge is 0.442 e. The van der Waals surface area contributed by atoms with Crippen molar-refractivity contribution < 1.29 is 13.9 Å². The average Bonchev–Trinajstić information content (AvgIpc) is 3.23. The van der Waals surface area contributed by atoms with Crippen molar-refractivity contribution in [3.05, 3.63) is 114 Å². The molecule has 3 aliphatic heterocycles. The van der Waals surface area contributed by atoms with E-state index in [1.807, 2.05) is 0 Å². The van der Waals surface area contributed by atoms with Crippen LogP contribution in [-0.2, 0) is 17.6 Å². The third kappa shape index (κ3) is 6.72. The standard InChI is InChI=1S/C46H59N3OSi/c1-31-46-41(39-19-13-14-20-40(39)42-28-38(26-35-17-11-8-12-18-35)44(30-49(42)46)51(4,5)6)22-21-37-29-47-33(3)50-32(2)45(37)43-27-36(23-24-48(31)43)25-34-15-9-7-10-16-34/h13-14,19-20,23-24,27-28,30,34-35,41,46-47H,1-3,7-12,15-18,21-22,25-26,29H2,4-6H3/q+2. The summed E-state index contributed by atoms with van der Waals surface area (Å²) >= 11 is 0. The van der Waals surface area contributed by atoms with Crippen molar-refractivity contribution in [2.75, 3.05) is 6.54 Å². The minimum absolute atomic E-state index is 0.0855. The third-order valence-corrected chi connectivity index (χ3v) is 14.9. The Balaban J connectivity index is 1.30. The number of aromatic nitrogens is 2. The van der Waals surface area contributed by atoms with E-state index >= 15 is 0 Å². The van der Waals surface area contributed by atoms with Crippen LogP contribution in [0.5, 0.6) is 0 Å². The number of rotatable bonds is 5. The van der Waals surface area contributed by atoms with E-state index in [-0.39, 0.29) is 12.0 Å². The summed E-state index contributed by atoms with van der Waals surface area (Å²) in [6, 6.07) is 16.8. The van der Waals surface area contributed by atoms with Gasteiger partial charge in [-0.3, -0.25) is 0 Å². The summed E-state index contributed by atoms with van der Waals surface area (Å²) in [6.07, 6.45) is 22.9. The van der Waals surface area contributed by atoms with Crippen molar-refractivity contribution in [1.82, 2.24) is 5.32 Å². The molecular formula is C46H59N3OSi+2. The Hall–Kier alpha value is -3.70. The Morgan fingerprint density at radius 2 is 1.53 bits per heavy atom. The molecule has 5 heterocycles. The Kier molecular flexibility index (Phi) is 9.46. The minimum Gasteiger partial charge on any atom is -0.442 e. The molecule has 51 heavy (non-hydrogen) atoms. The zero-order valence-corrected chi connectivity index (χ0v) is 32.5. The molecule has 0 saturated heterocycles. The van der Waals surface area contributed by atoms with Crippen molar-refractivity contribution in [2.45, 2.75) is 121 Å². The van der Waals surface area contributed by atoms with Crippen LogP contribution in [0.3, 0.4) is 0 Å². The lowest BCUT2D eigenvalue weighted by atomic mass is 9.78. The van der Waals surface area contributed by atoms with E-state index in [2.05, 4.69) is 102 Å². The fourth-order valence-corrected chi connectivity index (χ4v) is 12.0. The molecule has 2 fully saturated rings. The molecule has 2 aliphatic carbocycles. The van der Waals surface area contributed by atoms with E-state index < -0.39 is 8.07 Å². The Morgan fingerprint density at radius 1 is 0.824 bits per heavy atom. The summed E-state index contributed by atoms with van der Waals surface area (Å²) in [5, 5.41) is 5.09. The summed E-state index contributed by atoms with van der Waals surface area (Å²) in [7, 11) is -1.68. The molecular weight excluding hydrogens is 639 g/mol. The molecule has 5 heteroatoms. The van der Waals surface area contributed by atoms with Gasteiger partial charge in [0, 0.05) is 35.5 Å². The number of hydrogen-bond acceptors (Lipinski definition) is 2. The highest BCUT2D eigenvalue weighted by molar-refractivity contribution is 6.89. The fraction of sp³-hybridized carbons (Fsp3) is 0.478. The van der Waals surface area contributed by atoms with Gasteiger partial charge in [0.05, 0.1) is 19.6 Å². The summed E-state index contributed by atoms with van der Waals surface area (Å²) in [5.41, 5.74) is 12.0. The Bertz CT molecular complexity index is 1900. The number of ether oxygens (including phenoxy) is 1. The van der Waals surface area contributed by atoms with Crippen LogP contribution in [0.15, 0.2) is 91.8 Å². The van der Waals surface area contributed by atoms with Crippen LogP contribution in [0.2, 0.25) is 19.6 Å². The summed E-state index contributed by atoms with van der Waals surface area (Å²) < 4.78 is 11.3. The monoisotopic (exact) mass is 697 g/mol. The van der Waals surface area contributed by atoms with E-state index in [1.54, 1.807) is 10.8 Å². The summed E-state index contributed by atoms with van der Waals surface area (Å²) in [5.74, 6) is 3.09. The number of fused-ring (bicyclic) bond motifs is 8. The molecule has 2 aromatic heterocycles. The maximum atomic E-state index is 6.26. The van der Waals surface area contributed by atoms with Crippen LogP contribution in [0.4, 0.5) is 0 Å². The van der Waals surface area contributed by atoms with Gasteiger partial charge in [-0.15, -0.1) is 0 Å². The van der Waals surface area contributed by atoms with Crippen LogP contribution in [0.25, 0.3) is 22.5 Å². The fourth-order valence-electron chi connectivity index (χ4n) is 10.3. The topological polar surface area (TPSA) is 29.0 Å². The van der Waals surface area contributed by atoms with Crippen molar-refractivity contribution in [1.29, 1.82) is 0 Å². The first-order chi connectivity index (χ1) is 24.7. The quantitative estimate of drug-likeness (QED) is 0.213. The molecule has 3 aromatic rings. The molecule has 0 bridgehead atoms. The lowest BCUT2D eigenvalue weighted by molar-refractivity contribution is -0.728. The number of nitrogens with one attached hydrogen (secondary N) is 1. The van der Waals surface area contributed by atoms with E-state index in [0.717, 1.165) is 48.1 Å². The van der Waals surface area contributed by atoms with Gasteiger partial charge in [0.2, 0.25) is 23.1 Å². The second-order valence-electron chi connectivity index (χ2n) is 17.4. The second kappa shape index (κ2) is 14.0. The lowest BCUT2D eigenvalue weighted by Gasteiger charge is -2.32. The molecule has 8 rings (SSSR count). The van der Waals surface area contributed by atoms with Gasteiger partial charge in [-0.2, -0.15) is 9.13 Å². The van der Waals surface area contributed by atoms with Gasteiger partial charge in [0.1, 0.15) is 5.76 Å². The third-order valence-electron chi connectivity index (χ3n) is 12.9. The zero-order valence-electron chi connectivity index (χ0n) is 31.5. The average molecular weight is 698 g/mol. The molecule has 0 spiro atoms. The van der Waals surface area contributed by atoms with Crippen molar-refractivity contribution in [3.8, 4) is 11.3 Å². The minimum atomic E-state index is -1.68. The van der Waals surface area contributed by atoms with Gasteiger partial charge in [0.15, 0.2) is 18.3 Å². The van der Waals surface area contributed by atoms with E-state index in [0.29, 0.717) is 18.2 Å². The second-order valence-corrected chi connectivity index (χ2v) is 22.4. The Labute approximate surface area is 308 Å². The first kappa shape index (κ1) is 34.4. The molecule has 1 N–H and O–H groups in total. The number of nitrogens with zero attached hydrogens (tertiary/aromatic N) is 2. The molecule has 266 valence electrons. The van der Waals surface area contributed by atoms with E-state index in [9.17, 15) is 0 Å². The van der Waals surface area contributed by atoms with Crippen molar-refractivity contribution >= 4 is 24.5 Å². The highest BCUT2D eigenvalue weighted by atomic mass is 28.3. The first-order valence-electron chi connectivity index (χ1n) is 20.1. The number of allylic oxidation sites excluding steroid dienone is 2. The molecule has 0 radical (unpaired) electrons. The van der Waals surface area contributed by atoms with Crippen LogP contribution in [0, 0.1) is 11.8 Å². The predicted molar refractivity (Wildman–Crippen MR) is 213 cm³/mol. The highest BCUT2D eigenvalue weighted by Crippen LogP contribution is 2.46. The number of benzene rings is 1. The lowest BCUT2D eigenvalue weighted by Crippen LogP contribution is -2.57. The maximum Gasteiger partial charge on any atom is 0.249 e. The molecule has 0 amide bonds. The van der Waals surface area contributed by atoms with Gasteiger partial charge < -0.3 is 10.1 Å². The molecule has 4 nitrogen and oxygen atoms in total. The smallest absolute Gasteiger partial charge is 0.249 e. The summed E-state index contributed by atoms with van der Waals surface area (Å²) in [4.78, 5) is 0. The van der Waals surface area contributed by atoms with E-state index in [1.165, 1.54) is 98.6 Å². The van der Waals surface area contributed by atoms with Crippen LogP contribution in [0.1, 0.15) is 111 Å². The maximum absolute atomic E-state index is 6.26. The molecule has 2 saturated carbocycles. The normalized spacial score (nSPS) is 22.9. The Morgan fingerprint density at radius 3 is 2.25 bits per heavy atom. The molecule has 2 unspecified atom stereocenters. The van der Waals surface area contributed by atoms with Gasteiger partial charge >= 0.3 is 0 Å². The van der Waals surface area contributed by atoms with Crippen LogP contribution >= 0.6 is 0 Å². The number of pyridine rings is 2. The van der Waals surface area contributed by atoms with Crippen molar-refractivity contribution in [2.24, 2.45) is 11.8 Å².